The number of hydrogen-bond acceptors (Lipinski definition) is 5. The number of nitrogens with zero attached hydrogens (tertiary/aromatic N) is 1. The molecule has 0 atom stereocenters. The summed E-state index contributed by atoms with van der Waals surface area (Å²) in [6.45, 7) is 2.57. The van der Waals surface area contributed by atoms with Gasteiger partial charge in [-0.2, -0.15) is 0 Å². The van der Waals surface area contributed by atoms with E-state index in [-0.39, 0.29) is 18.4 Å². The number of morpholine rings is 1. The van der Waals surface area contributed by atoms with Crippen molar-refractivity contribution in [2.45, 2.75) is 6.54 Å². The summed E-state index contributed by atoms with van der Waals surface area (Å²) >= 11 is 0. The quantitative estimate of drug-likeness (QED) is 0.885. The molecule has 7 heteroatoms. The van der Waals surface area contributed by atoms with Gasteiger partial charge in [0.25, 0.3) is 11.8 Å². The number of furan rings is 1. The third kappa shape index (κ3) is 3.64. The van der Waals surface area contributed by atoms with Gasteiger partial charge in [0.2, 0.25) is 0 Å². The molecule has 0 radical (unpaired) electrons. The number of hydrogen-bond donors (Lipinski definition) is 2. The van der Waals surface area contributed by atoms with E-state index < -0.39 is 0 Å². The molecule has 7 nitrogen and oxygen atoms in total. The average molecular weight is 329 g/mol. The SMILES string of the molecule is NCc1cc(C(=O)Nc2ccc(C(=O)N3CCOCC3)cc2)co1. The molecule has 2 aromatic rings. The van der Waals surface area contributed by atoms with Gasteiger partial charge in [0, 0.05) is 24.3 Å². The summed E-state index contributed by atoms with van der Waals surface area (Å²) in [5, 5.41) is 2.76. The standard InChI is InChI=1S/C17H19N3O4/c18-10-15-9-13(11-24-15)16(21)19-14-3-1-12(2-4-14)17(22)20-5-7-23-8-6-20/h1-4,9,11H,5-8,10,18H2,(H,19,21). The zero-order chi connectivity index (χ0) is 16.9. The molecule has 3 N–H and O–H groups in total. The predicted molar refractivity (Wildman–Crippen MR) is 87.7 cm³/mol. The molecule has 2 heterocycles. The Hall–Kier alpha value is -2.64. The molecule has 1 aliphatic heterocycles. The fraction of sp³-hybridized carbons (Fsp3) is 0.294. The molecular weight excluding hydrogens is 310 g/mol. The van der Waals surface area contributed by atoms with Crippen molar-refractivity contribution in [2.24, 2.45) is 5.73 Å². The highest BCUT2D eigenvalue weighted by Gasteiger charge is 2.18. The van der Waals surface area contributed by atoms with Crippen LogP contribution < -0.4 is 11.1 Å². The molecular formula is C17H19N3O4. The van der Waals surface area contributed by atoms with Crippen molar-refractivity contribution in [1.82, 2.24) is 4.90 Å². The number of ether oxygens (including phenoxy) is 1. The van der Waals surface area contributed by atoms with Crippen LogP contribution in [0.5, 0.6) is 0 Å². The van der Waals surface area contributed by atoms with E-state index in [1.807, 2.05) is 0 Å². The molecule has 0 saturated carbocycles. The highest BCUT2D eigenvalue weighted by molar-refractivity contribution is 6.04. The maximum Gasteiger partial charge on any atom is 0.258 e. The van der Waals surface area contributed by atoms with Crippen LogP contribution in [0.1, 0.15) is 26.5 Å². The summed E-state index contributed by atoms with van der Waals surface area (Å²) in [4.78, 5) is 26.2. The first-order valence-electron chi connectivity index (χ1n) is 7.73. The molecule has 24 heavy (non-hydrogen) atoms. The van der Waals surface area contributed by atoms with Crippen molar-refractivity contribution in [1.29, 1.82) is 0 Å². The van der Waals surface area contributed by atoms with Gasteiger partial charge in [0.15, 0.2) is 0 Å². The fourth-order valence-electron chi connectivity index (χ4n) is 2.46. The molecule has 0 spiro atoms. The van der Waals surface area contributed by atoms with Crippen molar-refractivity contribution in [3.8, 4) is 0 Å². The average Bonchev–Trinajstić information content (AvgIpc) is 3.12. The summed E-state index contributed by atoms with van der Waals surface area (Å²) in [7, 11) is 0. The maximum atomic E-state index is 12.3. The zero-order valence-electron chi connectivity index (χ0n) is 13.2. The van der Waals surface area contributed by atoms with E-state index in [4.69, 9.17) is 14.9 Å². The van der Waals surface area contributed by atoms with Crippen LogP contribution in [0.3, 0.4) is 0 Å². The number of amides is 2. The maximum absolute atomic E-state index is 12.3. The van der Waals surface area contributed by atoms with Gasteiger partial charge in [-0.05, 0) is 30.3 Å². The van der Waals surface area contributed by atoms with Gasteiger partial charge in [-0.25, -0.2) is 0 Å². The number of anilines is 1. The largest absolute Gasteiger partial charge is 0.467 e. The summed E-state index contributed by atoms with van der Waals surface area (Å²) in [5.74, 6) is 0.232. The van der Waals surface area contributed by atoms with Crippen molar-refractivity contribution < 1.29 is 18.7 Å². The molecule has 0 bridgehead atoms. The van der Waals surface area contributed by atoms with E-state index in [0.29, 0.717) is 48.9 Å². The predicted octanol–water partition coefficient (Wildman–Crippen LogP) is 1.46. The lowest BCUT2D eigenvalue weighted by atomic mass is 10.1. The molecule has 1 fully saturated rings. The van der Waals surface area contributed by atoms with Crippen LogP contribution in [-0.4, -0.2) is 43.0 Å². The smallest absolute Gasteiger partial charge is 0.258 e. The number of rotatable bonds is 4. The van der Waals surface area contributed by atoms with Crippen molar-refractivity contribution in [2.75, 3.05) is 31.6 Å². The molecule has 1 aromatic carbocycles. The van der Waals surface area contributed by atoms with E-state index in [0.717, 1.165) is 0 Å². The number of carbonyl (C=O) groups is 2. The van der Waals surface area contributed by atoms with Gasteiger partial charge in [-0.1, -0.05) is 0 Å². The lowest BCUT2D eigenvalue weighted by Crippen LogP contribution is -2.40. The molecule has 1 aliphatic rings. The number of nitrogens with one attached hydrogen (secondary N) is 1. The summed E-state index contributed by atoms with van der Waals surface area (Å²) < 4.78 is 10.4. The second kappa shape index (κ2) is 7.29. The normalized spacial score (nSPS) is 14.5. The first-order chi connectivity index (χ1) is 11.7. The van der Waals surface area contributed by atoms with Gasteiger partial charge in [0.05, 0.1) is 25.3 Å². The van der Waals surface area contributed by atoms with Crippen molar-refractivity contribution in [3.05, 3.63) is 53.5 Å². The molecule has 3 rings (SSSR count). The van der Waals surface area contributed by atoms with Crippen LogP contribution in [0.25, 0.3) is 0 Å². The van der Waals surface area contributed by atoms with Crippen LogP contribution in [0.4, 0.5) is 5.69 Å². The molecule has 126 valence electrons. The van der Waals surface area contributed by atoms with Gasteiger partial charge in [-0.3, -0.25) is 9.59 Å². The van der Waals surface area contributed by atoms with E-state index in [1.165, 1.54) is 6.26 Å². The fourth-order valence-corrected chi connectivity index (χ4v) is 2.46. The van der Waals surface area contributed by atoms with Crippen LogP contribution in [0.15, 0.2) is 41.0 Å². The van der Waals surface area contributed by atoms with Crippen LogP contribution >= 0.6 is 0 Å². The van der Waals surface area contributed by atoms with Gasteiger partial charge >= 0.3 is 0 Å². The van der Waals surface area contributed by atoms with Crippen molar-refractivity contribution in [3.63, 3.8) is 0 Å². The first kappa shape index (κ1) is 16.2. The first-order valence-corrected chi connectivity index (χ1v) is 7.73. The highest BCUT2D eigenvalue weighted by atomic mass is 16.5. The van der Waals surface area contributed by atoms with E-state index in [1.54, 1.807) is 35.2 Å². The Balaban J connectivity index is 1.63. The van der Waals surface area contributed by atoms with E-state index in [9.17, 15) is 9.59 Å². The number of benzene rings is 1. The zero-order valence-corrected chi connectivity index (χ0v) is 13.2. The minimum atomic E-state index is -0.286. The second-order valence-corrected chi connectivity index (χ2v) is 5.44. The Morgan fingerprint density at radius 1 is 1.12 bits per heavy atom. The van der Waals surface area contributed by atoms with E-state index >= 15 is 0 Å². The minimum absolute atomic E-state index is 0.0291. The van der Waals surface area contributed by atoms with Crippen molar-refractivity contribution >= 4 is 17.5 Å². The Bertz CT molecular complexity index is 718. The van der Waals surface area contributed by atoms with Crippen LogP contribution in [-0.2, 0) is 11.3 Å². The summed E-state index contributed by atoms with van der Waals surface area (Å²) in [6.07, 6.45) is 1.37. The van der Waals surface area contributed by atoms with Gasteiger partial charge in [-0.15, -0.1) is 0 Å². The van der Waals surface area contributed by atoms with Crippen LogP contribution in [0.2, 0.25) is 0 Å². The molecule has 1 saturated heterocycles. The van der Waals surface area contributed by atoms with Crippen LogP contribution in [0, 0.1) is 0 Å². The monoisotopic (exact) mass is 329 g/mol. The highest BCUT2D eigenvalue weighted by Crippen LogP contribution is 2.15. The Morgan fingerprint density at radius 2 is 1.83 bits per heavy atom. The topological polar surface area (TPSA) is 97.8 Å². The Labute approximate surface area is 139 Å². The second-order valence-electron chi connectivity index (χ2n) is 5.44. The number of carbonyl (C=O) groups excluding carboxylic acids is 2. The van der Waals surface area contributed by atoms with E-state index in [2.05, 4.69) is 5.32 Å². The van der Waals surface area contributed by atoms with Gasteiger partial charge < -0.3 is 25.1 Å². The van der Waals surface area contributed by atoms with Gasteiger partial charge in [0.1, 0.15) is 12.0 Å². The lowest BCUT2D eigenvalue weighted by molar-refractivity contribution is 0.0303. The third-order valence-corrected chi connectivity index (χ3v) is 3.81. The summed E-state index contributed by atoms with van der Waals surface area (Å²) in [6, 6.07) is 8.42. The molecule has 0 unspecified atom stereocenters. The molecule has 1 aromatic heterocycles. The molecule has 0 aliphatic carbocycles. The third-order valence-electron chi connectivity index (χ3n) is 3.81. The number of nitrogens with two attached hydrogens (primary N) is 1. The molecule has 2 amide bonds. The summed E-state index contributed by atoms with van der Waals surface area (Å²) in [5.41, 5.74) is 7.05. The minimum Gasteiger partial charge on any atom is -0.467 e. The Kier molecular flexibility index (Phi) is 4.93. The Morgan fingerprint density at radius 3 is 2.46 bits per heavy atom. The lowest BCUT2D eigenvalue weighted by Gasteiger charge is -2.26.